The molecule has 166 valence electrons. The third-order valence-electron chi connectivity index (χ3n) is 6.11. The van der Waals surface area contributed by atoms with Gasteiger partial charge in [0, 0.05) is 0 Å². The van der Waals surface area contributed by atoms with E-state index in [9.17, 15) is 8.78 Å². The second-order valence-electron chi connectivity index (χ2n) is 8.25. The van der Waals surface area contributed by atoms with Crippen LogP contribution in [0.5, 0.6) is 0 Å². The normalized spacial score (nSPS) is 14.9. The van der Waals surface area contributed by atoms with Crippen molar-refractivity contribution < 1.29 is 54.0 Å². The van der Waals surface area contributed by atoms with Gasteiger partial charge in [-0.15, -0.1) is 0 Å². The van der Waals surface area contributed by atoms with E-state index in [2.05, 4.69) is 39.1 Å². The van der Waals surface area contributed by atoms with Gasteiger partial charge in [-0.2, -0.15) is 0 Å². The molecule has 2 aliphatic carbocycles. The Hall–Kier alpha value is -1.06. The average Bonchev–Trinajstić information content (AvgIpc) is 3.26. The number of hydrogen-bond donors (Lipinski definition) is 0. The second kappa shape index (κ2) is 11.4. The van der Waals surface area contributed by atoms with E-state index in [4.69, 9.17) is 0 Å². The van der Waals surface area contributed by atoms with Crippen LogP contribution in [0, 0.1) is 11.6 Å². The van der Waals surface area contributed by atoms with Crippen LogP contribution in [0.1, 0.15) is 37.8 Å². The zero-order valence-corrected chi connectivity index (χ0v) is 23.7. The van der Waals surface area contributed by atoms with Gasteiger partial charge in [0.2, 0.25) is 0 Å². The van der Waals surface area contributed by atoms with Gasteiger partial charge < -0.3 is 24.8 Å². The van der Waals surface area contributed by atoms with Gasteiger partial charge in [-0.3, -0.25) is 0 Å². The summed E-state index contributed by atoms with van der Waals surface area (Å²) >= 11 is -2.03. The van der Waals surface area contributed by atoms with Crippen LogP contribution in [-0.2, 0) is 20.4 Å². The predicted octanol–water partition coefficient (Wildman–Crippen LogP) is 1.66. The van der Waals surface area contributed by atoms with Crippen LogP contribution in [0.25, 0.3) is 11.1 Å². The molecule has 0 saturated heterocycles. The van der Waals surface area contributed by atoms with E-state index in [0.29, 0.717) is 0 Å². The standard InChI is InChI=1S/2C12H10F.C2H6Si.2ClH.Zr/c2*1-9-4-2-7-12(9)10-5-3-6-11(13)8-10;1-3-2;;;/h2*3,5-8H,2H2,1H3;1-2H3;2*1H;/q;;;;;+2/p-2. The average molecular weight is 567 g/mol. The van der Waals surface area contributed by atoms with Gasteiger partial charge in [0.25, 0.3) is 0 Å². The van der Waals surface area contributed by atoms with E-state index in [0.717, 1.165) is 24.0 Å². The third kappa shape index (κ3) is 5.36. The fourth-order valence-electron chi connectivity index (χ4n) is 4.69. The second-order valence-corrected chi connectivity index (χ2v) is 25.4. The first-order chi connectivity index (χ1) is 14.4. The Bertz CT molecular complexity index is 1110. The summed E-state index contributed by atoms with van der Waals surface area (Å²) in [6, 6.07) is 13.9. The Kier molecular flexibility index (Phi) is 9.67. The van der Waals surface area contributed by atoms with Gasteiger partial charge in [-0.25, -0.2) is 0 Å². The number of allylic oxidation sites excluding steroid dienone is 8. The molecule has 2 aliphatic rings. The molecular formula is C26H26Cl2F2SiZr. The van der Waals surface area contributed by atoms with Crippen molar-refractivity contribution in [3.8, 4) is 0 Å². The van der Waals surface area contributed by atoms with Crippen molar-refractivity contribution in [2.45, 2.75) is 39.8 Å². The van der Waals surface area contributed by atoms with Crippen molar-refractivity contribution in [3.05, 3.63) is 101 Å². The van der Waals surface area contributed by atoms with Crippen molar-refractivity contribution in [3.63, 3.8) is 0 Å². The molecule has 2 aromatic rings. The van der Waals surface area contributed by atoms with Crippen molar-refractivity contribution in [1.29, 1.82) is 0 Å². The van der Waals surface area contributed by atoms with E-state index < -0.39 is 25.8 Å². The van der Waals surface area contributed by atoms with Crippen molar-refractivity contribution >= 4 is 16.6 Å². The molecule has 0 nitrogen and oxygen atoms in total. The van der Waals surface area contributed by atoms with Crippen LogP contribution in [0.3, 0.4) is 0 Å². The minimum atomic E-state index is -2.03. The van der Waals surface area contributed by atoms with Crippen molar-refractivity contribution in [2.75, 3.05) is 0 Å². The summed E-state index contributed by atoms with van der Waals surface area (Å²) in [6.45, 7) is 9.38. The Morgan fingerprint density at radius 1 is 0.719 bits per heavy atom. The van der Waals surface area contributed by atoms with E-state index in [-0.39, 0.29) is 36.4 Å². The third-order valence-corrected chi connectivity index (χ3v) is 23.9. The molecule has 0 radical (unpaired) electrons. The molecule has 4 rings (SSSR count). The van der Waals surface area contributed by atoms with Gasteiger partial charge in [0.05, 0.1) is 0 Å². The SMILES string of the molecule is CC1=[C]([Zr+2]([C]2=C(C)C(c3cccc(F)c3)=CC2)=[Si](C)C)CC=C1c1cccc(F)c1.[Cl-].[Cl-]. The number of rotatable bonds is 4. The van der Waals surface area contributed by atoms with E-state index in [1.807, 2.05) is 12.1 Å². The van der Waals surface area contributed by atoms with Crippen LogP contribution >= 0.6 is 0 Å². The van der Waals surface area contributed by atoms with E-state index >= 15 is 0 Å². The number of hydrogen-bond acceptors (Lipinski definition) is 0. The minimum absolute atomic E-state index is 0. The van der Waals surface area contributed by atoms with Crippen LogP contribution in [0.2, 0.25) is 13.1 Å². The summed E-state index contributed by atoms with van der Waals surface area (Å²) in [5, 5.41) is 0. The van der Waals surface area contributed by atoms with Crippen LogP contribution in [-0.4, -0.2) is 5.43 Å². The molecule has 0 amide bonds. The van der Waals surface area contributed by atoms with Gasteiger partial charge in [0.1, 0.15) is 0 Å². The summed E-state index contributed by atoms with van der Waals surface area (Å²) < 4.78 is 30.9. The van der Waals surface area contributed by atoms with Crippen molar-refractivity contribution in [1.82, 2.24) is 0 Å². The molecule has 0 unspecified atom stereocenters. The fraction of sp³-hybridized carbons (Fsp3) is 0.231. The maximum atomic E-state index is 13.8. The van der Waals surface area contributed by atoms with Gasteiger partial charge in [-0.05, 0) is 0 Å². The molecule has 0 atom stereocenters. The number of halogens is 4. The topological polar surface area (TPSA) is 0 Å². The molecule has 0 N–H and O–H groups in total. The molecule has 0 saturated carbocycles. The summed E-state index contributed by atoms with van der Waals surface area (Å²) in [7, 11) is 0. The quantitative estimate of drug-likeness (QED) is 0.495. The van der Waals surface area contributed by atoms with E-state index in [1.54, 1.807) is 30.8 Å². The first-order valence-corrected chi connectivity index (χ1v) is 19.0. The summed E-state index contributed by atoms with van der Waals surface area (Å²) in [5.74, 6) is -0.356. The first-order valence-electron chi connectivity index (χ1n) is 10.4. The Labute approximate surface area is 210 Å². The van der Waals surface area contributed by atoms with E-state index in [1.165, 1.54) is 34.4 Å². The van der Waals surface area contributed by atoms with Gasteiger partial charge in [-0.1, -0.05) is 0 Å². The number of benzene rings is 2. The molecule has 32 heavy (non-hydrogen) atoms. The maximum absolute atomic E-state index is 13.8. The molecular weight excluding hydrogens is 540 g/mol. The fourth-order valence-corrected chi connectivity index (χ4v) is 23.1. The first kappa shape index (κ1) is 27.2. The predicted molar refractivity (Wildman–Crippen MR) is 121 cm³/mol. The monoisotopic (exact) mass is 564 g/mol. The van der Waals surface area contributed by atoms with Crippen LogP contribution < -0.4 is 24.8 Å². The smallest absolute Gasteiger partial charge is 1.00 e. The Balaban J connectivity index is 0.00000181. The molecule has 0 spiro atoms. The molecule has 0 aliphatic heterocycles. The molecule has 6 heteroatoms. The molecule has 2 aromatic carbocycles. The maximum Gasteiger partial charge on any atom is -1.00 e. The zero-order valence-electron chi connectivity index (χ0n) is 18.7. The Morgan fingerprint density at radius 2 is 1.12 bits per heavy atom. The van der Waals surface area contributed by atoms with Gasteiger partial charge in [0.15, 0.2) is 0 Å². The molecule has 0 aromatic heterocycles. The summed E-state index contributed by atoms with van der Waals surface area (Å²) in [6.07, 6.45) is 6.62. The summed E-state index contributed by atoms with van der Waals surface area (Å²) in [4.78, 5) is 0. The Morgan fingerprint density at radius 3 is 1.47 bits per heavy atom. The van der Waals surface area contributed by atoms with Crippen LogP contribution in [0.15, 0.2) is 78.4 Å². The molecule has 0 heterocycles. The summed E-state index contributed by atoms with van der Waals surface area (Å²) in [5.41, 5.74) is 6.68. The largest absolute Gasteiger partial charge is 1.00 e. The van der Waals surface area contributed by atoms with Crippen LogP contribution in [0.4, 0.5) is 8.78 Å². The van der Waals surface area contributed by atoms with Gasteiger partial charge >= 0.3 is 187 Å². The molecule has 0 fully saturated rings. The zero-order chi connectivity index (χ0) is 21.4. The molecule has 0 bridgehead atoms. The van der Waals surface area contributed by atoms with Crippen molar-refractivity contribution in [2.24, 2.45) is 0 Å². The minimum Gasteiger partial charge on any atom is -1.00 e.